The highest BCUT2D eigenvalue weighted by Gasteiger charge is 2.30. The molecule has 2 rings (SSSR count). The normalized spacial score (nSPS) is 13.2. The molecule has 2 amide bonds. The van der Waals surface area contributed by atoms with Crippen molar-refractivity contribution in [2.75, 3.05) is 5.32 Å². The van der Waals surface area contributed by atoms with Crippen LogP contribution in [0.25, 0.3) is 0 Å². The molecule has 128 valence electrons. The van der Waals surface area contributed by atoms with E-state index in [1.807, 2.05) is 26.2 Å². The molecule has 0 fully saturated rings. The van der Waals surface area contributed by atoms with E-state index in [0.29, 0.717) is 6.42 Å². The Labute approximate surface area is 144 Å². The molecule has 0 spiro atoms. The van der Waals surface area contributed by atoms with E-state index >= 15 is 0 Å². The quantitative estimate of drug-likeness (QED) is 0.866. The number of thiazole rings is 1. The van der Waals surface area contributed by atoms with Gasteiger partial charge in [-0.15, -0.1) is 11.3 Å². The fraction of sp³-hybridized carbons (Fsp3) is 0.353. The molecule has 0 bridgehead atoms. The lowest BCUT2D eigenvalue weighted by Crippen LogP contribution is -2.43. The second-order valence-electron chi connectivity index (χ2n) is 5.81. The number of hydrogen-bond donors (Lipinski definition) is 2. The zero-order chi connectivity index (χ0) is 17.9. The predicted molar refractivity (Wildman–Crippen MR) is 92.7 cm³/mol. The van der Waals surface area contributed by atoms with Gasteiger partial charge in [0.05, 0.1) is 11.2 Å². The number of hydrogen-bond acceptors (Lipinski definition) is 4. The summed E-state index contributed by atoms with van der Waals surface area (Å²) >= 11 is 1.49. The zero-order valence-corrected chi connectivity index (χ0v) is 14.9. The first-order chi connectivity index (χ1) is 11.2. The largest absolute Gasteiger partial charge is 0.340 e. The van der Waals surface area contributed by atoms with Crippen LogP contribution in [0.3, 0.4) is 0 Å². The minimum atomic E-state index is -0.613. The molecule has 1 aromatic carbocycles. The van der Waals surface area contributed by atoms with E-state index in [0.717, 1.165) is 16.8 Å². The number of amides is 2. The van der Waals surface area contributed by atoms with Crippen LogP contribution in [-0.4, -0.2) is 16.8 Å². The van der Waals surface area contributed by atoms with Crippen LogP contribution in [0.15, 0.2) is 23.6 Å². The molecule has 2 N–H and O–H groups in total. The summed E-state index contributed by atoms with van der Waals surface area (Å²) in [5.41, 5.74) is 0.545. The summed E-state index contributed by atoms with van der Waals surface area (Å²) in [5, 5.41) is 8.09. The summed E-state index contributed by atoms with van der Waals surface area (Å²) in [5.74, 6) is -1.34. The highest BCUT2D eigenvalue weighted by molar-refractivity contribution is 7.09. The van der Waals surface area contributed by atoms with Crippen molar-refractivity contribution in [3.05, 3.63) is 45.7 Å². The van der Waals surface area contributed by atoms with Gasteiger partial charge in [0, 0.05) is 23.6 Å². The molecule has 1 heterocycles. The van der Waals surface area contributed by atoms with Crippen LogP contribution < -0.4 is 10.6 Å². The summed E-state index contributed by atoms with van der Waals surface area (Å²) in [7, 11) is 0. The van der Waals surface area contributed by atoms with Gasteiger partial charge in [-0.05, 0) is 38.5 Å². The number of carbonyl (C=O) groups excluding carboxylic acids is 2. The maximum atomic E-state index is 13.7. The third-order valence-corrected chi connectivity index (χ3v) is 4.95. The van der Waals surface area contributed by atoms with E-state index in [9.17, 15) is 14.0 Å². The standard InChI is InChI=1S/C17H20FN3O2S/c1-5-17(4,16-19-10(2)9-24-16)21-15(23)12-6-7-13(18)14(8-12)20-11(3)22/h6-9H,5H2,1-4H3,(H,20,22)(H,21,23). The Morgan fingerprint density at radius 1 is 1.38 bits per heavy atom. The number of halogens is 1. The minimum Gasteiger partial charge on any atom is -0.340 e. The van der Waals surface area contributed by atoms with Crippen LogP contribution in [0.2, 0.25) is 0 Å². The second-order valence-corrected chi connectivity index (χ2v) is 6.67. The first kappa shape index (κ1) is 18.1. The minimum absolute atomic E-state index is 0.0153. The van der Waals surface area contributed by atoms with Crippen LogP contribution in [0.1, 0.15) is 48.3 Å². The molecule has 0 radical (unpaired) electrons. The van der Waals surface area contributed by atoms with Crippen molar-refractivity contribution >= 4 is 28.8 Å². The van der Waals surface area contributed by atoms with Crippen LogP contribution >= 0.6 is 11.3 Å². The lowest BCUT2D eigenvalue weighted by atomic mass is 9.99. The fourth-order valence-electron chi connectivity index (χ4n) is 2.18. The zero-order valence-electron chi connectivity index (χ0n) is 14.1. The number of rotatable bonds is 5. The molecule has 7 heteroatoms. The first-order valence-electron chi connectivity index (χ1n) is 7.57. The van der Waals surface area contributed by atoms with Crippen LogP contribution in [0.4, 0.5) is 10.1 Å². The molecule has 0 saturated carbocycles. The Morgan fingerprint density at radius 2 is 2.08 bits per heavy atom. The first-order valence-corrected chi connectivity index (χ1v) is 8.45. The molecule has 0 saturated heterocycles. The number of carbonyl (C=O) groups is 2. The molecule has 2 aromatic rings. The number of anilines is 1. The number of benzene rings is 1. The van der Waals surface area contributed by atoms with Crippen molar-refractivity contribution in [2.45, 2.75) is 39.7 Å². The molecule has 1 atom stereocenters. The molecule has 0 aliphatic carbocycles. The van der Waals surface area contributed by atoms with Gasteiger partial charge in [0.2, 0.25) is 5.91 Å². The Morgan fingerprint density at radius 3 is 2.62 bits per heavy atom. The Bertz CT molecular complexity index is 775. The summed E-state index contributed by atoms with van der Waals surface area (Å²) in [6.45, 7) is 7.05. The SMILES string of the molecule is CCC(C)(NC(=O)c1ccc(F)c(NC(C)=O)c1)c1nc(C)cs1. The van der Waals surface area contributed by atoms with E-state index in [1.54, 1.807) is 0 Å². The van der Waals surface area contributed by atoms with Gasteiger partial charge in [0.25, 0.3) is 5.91 Å². The Hall–Kier alpha value is -2.28. The second kappa shape index (κ2) is 7.09. The molecule has 1 aromatic heterocycles. The van der Waals surface area contributed by atoms with Gasteiger partial charge in [-0.25, -0.2) is 9.37 Å². The maximum Gasteiger partial charge on any atom is 0.252 e. The van der Waals surface area contributed by atoms with Gasteiger partial charge in [0.15, 0.2) is 0 Å². The summed E-state index contributed by atoms with van der Waals surface area (Å²) in [4.78, 5) is 28.2. The highest BCUT2D eigenvalue weighted by Crippen LogP contribution is 2.28. The lowest BCUT2D eigenvalue weighted by Gasteiger charge is -2.27. The van der Waals surface area contributed by atoms with Crippen molar-refractivity contribution < 1.29 is 14.0 Å². The van der Waals surface area contributed by atoms with Gasteiger partial charge in [-0.1, -0.05) is 6.92 Å². The van der Waals surface area contributed by atoms with Gasteiger partial charge in [0.1, 0.15) is 10.8 Å². The van der Waals surface area contributed by atoms with E-state index in [4.69, 9.17) is 0 Å². The predicted octanol–water partition coefficient (Wildman–Crippen LogP) is 3.60. The lowest BCUT2D eigenvalue weighted by molar-refractivity contribution is -0.114. The van der Waals surface area contributed by atoms with Crippen molar-refractivity contribution in [1.29, 1.82) is 0 Å². The maximum absolute atomic E-state index is 13.7. The number of aromatic nitrogens is 1. The average molecular weight is 349 g/mol. The van der Waals surface area contributed by atoms with Crippen molar-refractivity contribution in [2.24, 2.45) is 0 Å². The fourth-order valence-corrected chi connectivity index (χ4v) is 3.16. The molecule has 1 unspecified atom stereocenters. The molecule has 5 nitrogen and oxygen atoms in total. The summed E-state index contributed by atoms with van der Waals surface area (Å²) in [6, 6.07) is 3.88. The average Bonchev–Trinajstić information content (AvgIpc) is 2.96. The molecule has 0 aliphatic heterocycles. The highest BCUT2D eigenvalue weighted by atomic mass is 32.1. The third kappa shape index (κ3) is 3.97. The molecular formula is C17H20FN3O2S. The number of nitrogens with zero attached hydrogens (tertiary/aromatic N) is 1. The molecular weight excluding hydrogens is 329 g/mol. The Kier molecular flexibility index (Phi) is 5.33. The van der Waals surface area contributed by atoms with Crippen LogP contribution in [0.5, 0.6) is 0 Å². The van der Waals surface area contributed by atoms with Crippen molar-refractivity contribution in [3.8, 4) is 0 Å². The van der Waals surface area contributed by atoms with Crippen LogP contribution in [0, 0.1) is 12.7 Å². The molecule has 0 aliphatic rings. The van der Waals surface area contributed by atoms with Gasteiger partial charge >= 0.3 is 0 Å². The Balaban J connectivity index is 2.26. The van der Waals surface area contributed by atoms with Crippen LogP contribution in [-0.2, 0) is 10.3 Å². The van der Waals surface area contributed by atoms with E-state index in [2.05, 4.69) is 15.6 Å². The monoisotopic (exact) mass is 349 g/mol. The van der Waals surface area contributed by atoms with Gasteiger partial charge in [-0.3, -0.25) is 9.59 Å². The van der Waals surface area contributed by atoms with E-state index in [1.165, 1.54) is 30.4 Å². The van der Waals surface area contributed by atoms with E-state index < -0.39 is 17.3 Å². The van der Waals surface area contributed by atoms with E-state index in [-0.39, 0.29) is 17.2 Å². The third-order valence-electron chi connectivity index (χ3n) is 3.73. The number of aryl methyl sites for hydroxylation is 1. The topological polar surface area (TPSA) is 71.1 Å². The smallest absolute Gasteiger partial charge is 0.252 e. The van der Waals surface area contributed by atoms with Gasteiger partial charge in [-0.2, -0.15) is 0 Å². The van der Waals surface area contributed by atoms with Crippen molar-refractivity contribution in [1.82, 2.24) is 10.3 Å². The van der Waals surface area contributed by atoms with Crippen molar-refractivity contribution in [3.63, 3.8) is 0 Å². The molecule has 24 heavy (non-hydrogen) atoms. The summed E-state index contributed by atoms with van der Waals surface area (Å²) < 4.78 is 13.7. The number of nitrogens with one attached hydrogen (secondary N) is 2. The van der Waals surface area contributed by atoms with Gasteiger partial charge < -0.3 is 10.6 Å². The summed E-state index contributed by atoms with van der Waals surface area (Å²) in [6.07, 6.45) is 0.658.